The average molecular weight is 342 g/mol. The van der Waals surface area contributed by atoms with Crippen LogP contribution in [0.3, 0.4) is 0 Å². The minimum Gasteiger partial charge on any atom is -0.478 e. The highest BCUT2D eigenvalue weighted by atomic mass is 19.4. The van der Waals surface area contributed by atoms with Crippen molar-refractivity contribution in [2.45, 2.75) is 37.6 Å². The maximum atomic E-state index is 13.2. The monoisotopic (exact) mass is 342 g/mol. The van der Waals surface area contributed by atoms with Crippen LogP contribution in [-0.2, 0) is 11.3 Å². The van der Waals surface area contributed by atoms with Gasteiger partial charge in [-0.15, -0.1) is 0 Å². The topological polar surface area (TPSA) is 86.7 Å². The van der Waals surface area contributed by atoms with Gasteiger partial charge in [0.05, 0.1) is 11.6 Å². The van der Waals surface area contributed by atoms with E-state index in [-0.39, 0.29) is 30.5 Å². The molecule has 0 bridgehead atoms. The molecule has 2 atom stereocenters. The number of carboxylic acids is 1. The molecule has 1 saturated heterocycles. The number of nitrogens with one attached hydrogen (secondary N) is 1. The average Bonchev–Trinajstić information content (AvgIpc) is 2.83. The zero-order valence-electron chi connectivity index (χ0n) is 12.3. The second-order valence-electron chi connectivity index (χ2n) is 5.80. The predicted octanol–water partition coefficient (Wildman–Crippen LogP) is 1.55. The van der Waals surface area contributed by atoms with E-state index in [1.807, 2.05) is 5.32 Å². The van der Waals surface area contributed by atoms with Gasteiger partial charge in [-0.2, -0.15) is 13.2 Å². The van der Waals surface area contributed by atoms with E-state index < -0.39 is 36.0 Å². The van der Waals surface area contributed by atoms with Crippen molar-refractivity contribution >= 4 is 17.8 Å². The van der Waals surface area contributed by atoms with E-state index in [0.29, 0.717) is 5.56 Å². The lowest BCUT2D eigenvalue weighted by atomic mass is 9.96. The van der Waals surface area contributed by atoms with Crippen LogP contribution in [0.25, 0.3) is 0 Å². The summed E-state index contributed by atoms with van der Waals surface area (Å²) in [4.78, 5) is 35.9. The third-order valence-electron chi connectivity index (χ3n) is 4.31. The molecule has 2 amide bonds. The molecule has 2 unspecified atom stereocenters. The number of alkyl halides is 3. The maximum Gasteiger partial charge on any atom is 0.410 e. The van der Waals surface area contributed by atoms with Crippen molar-refractivity contribution in [1.29, 1.82) is 0 Å². The quantitative estimate of drug-likeness (QED) is 0.854. The van der Waals surface area contributed by atoms with Crippen LogP contribution in [0.2, 0.25) is 0 Å². The van der Waals surface area contributed by atoms with Gasteiger partial charge >= 0.3 is 12.1 Å². The number of amides is 2. The Labute approximate surface area is 134 Å². The lowest BCUT2D eigenvalue weighted by molar-refractivity contribution is -0.178. The van der Waals surface area contributed by atoms with Crippen LogP contribution in [0, 0.1) is 0 Å². The van der Waals surface area contributed by atoms with E-state index in [2.05, 4.69) is 0 Å². The van der Waals surface area contributed by atoms with Gasteiger partial charge in [0.1, 0.15) is 6.04 Å². The molecule has 2 heterocycles. The Hall–Kier alpha value is -2.58. The number of piperidine rings is 1. The van der Waals surface area contributed by atoms with Crippen LogP contribution in [0.5, 0.6) is 0 Å². The van der Waals surface area contributed by atoms with Crippen LogP contribution in [0.4, 0.5) is 13.2 Å². The highest BCUT2D eigenvalue weighted by Gasteiger charge is 2.51. The Morgan fingerprint density at radius 2 is 2.00 bits per heavy atom. The predicted molar refractivity (Wildman–Crippen MR) is 74.3 cm³/mol. The van der Waals surface area contributed by atoms with Gasteiger partial charge in [0, 0.05) is 18.5 Å². The molecule has 1 fully saturated rings. The Balaban J connectivity index is 1.91. The molecule has 2 N–H and O–H groups in total. The van der Waals surface area contributed by atoms with Crippen LogP contribution in [0.1, 0.15) is 39.1 Å². The summed E-state index contributed by atoms with van der Waals surface area (Å²) in [6.07, 6.45) is -4.87. The van der Waals surface area contributed by atoms with Gasteiger partial charge < -0.3 is 15.3 Å². The van der Waals surface area contributed by atoms with Gasteiger partial charge in [-0.05, 0) is 24.1 Å². The molecule has 3 rings (SSSR count). The molecule has 0 spiro atoms. The van der Waals surface area contributed by atoms with Crippen molar-refractivity contribution in [3.05, 3.63) is 34.9 Å². The standard InChI is InChI=1S/C15H13F3N2O4/c16-15(17,18)12-10(3-4-11(21)19-12)20-6-8-2-1-7(14(23)24)5-9(8)13(20)22/h1-2,5,10,12H,3-4,6H2,(H,19,21)(H,23,24). The van der Waals surface area contributed by atoms with Gasteiger partial charge in [0.2, 0.25) is 5.91 Å². The highest BCUT2D eigenvalue weighted by molar-refractivity contribution is 6.01. The van der Waals surface area contributed by atoms with Crippen LogP contribution in [0.15, 0.2) is 18.2 Å². The summed E-state index contributed by atoms with van der Waals surface area (Å²) in [5.41, 5.74) is 0.462. The summed E-state index contributed by atoms with van der Waals surface area (Å²) < 4.78 is 39.6. The lowest BCUT2D eigenvalue weighted by Crippen LogP contribution is -2.61. The highest BCUT2D eigenvalue weighted by Crippen LogP contribution is 2.34. The molecule has 24 heavy (non-hydrogen) atoms. The fourth-order valence-corrected chi connectivity index (χ4v) is 3.15. The van der Waals surface area contributed by atoms with Crippen molar-refractivity contribution in [2.24, 2.45) is 0 Å². The van der Waals surface area contributed by atoms with Crippen molar-refractivity contribution < 1.29 is 32.7 Å². The molecular formula is C15H13F3N2O4. The normalized spacial score (nSPS) is 23.9. The summed E-state index contributed by atoms with van der Waals surface area (Å²) in [7, 11) is 0. The van der Waals surface area contributed by atoms with E-state index in [1.165, 1.54) is 18.2 Å². The summed E-state index contributed by atoms with van der Waals surface area (Å²) in [6.45, 7) is -0.0405. The number of benzene rings is 1. The number of carbonyl (C=O) groups is 3. The van der Waals surface area contributed by atoms with E-state index in [1.54, 1.807) is 0 Å². The Bertz CT molecular complexity index is 732. The second kappa shape index (κ2) is 5.50. The number of nitrogens with zero attached hydrogens (tertiary/aromatic N) is 1. The number of rotatable bonds is 2. The summed E-state index contributed by atoms with van der Waals surface area (Å²) in [5.74, 6) is -2.57. The Kier molecular flexibility index (Phi) is 3.73. The number of hydrogen-bond acceptors (Lipinski definition) is 3. The molecule has 1 aromatic rings. The van der Waals surface area contributed by atoms with Crippen LogP contribution >= 0.6 is 0 Å². The number of aromatic carboxylic acids is 1. The fourth-order valence-electron chi connectivity index (χ4n) is 3.15. The second-order valence-corrected chi connectivity index (χ2v) is 5.80. The van der Waals surface area contributed by atoms with Gasteiger partial charge in [-0.3, -0.25) is 9.59 Å². The Morgan fingerprint density at radius 3 is 2.62 bits per heavy atom. The zero-order valence-corrected chi connectivity index (χ0v) is 12.3. The number of carbonyl (C=O) groups excluding carboxylic acids is 2. The van der Waals surface area contributed by atoms with Crippen molar-refractivity contribution in [3.8, 4) is 0 Å². The minimum atomic E-state index is -4.68. The SMILES string of the molecule is O=C1CCC(N2Cc3ccc(C(=O)O)cc3C2=O)C(C(F)(F)F)N1. The third kappa shape index (κ3) is 2.70. The van der Waals surface area contributed by atoms with E-state index in [4.69, 9.17) is 5.11 Å². The molecule has 2 aliphatic heterocycles. The van der Waals surface area contributed by atoms with Crippen LogP contribution < -0.4 is 5.32 Å². The summed E-state index contributed by atoms with van der Waals surface area (Å²) in [6, 6.07) is 0.568. The zero-order chi connectivity index (χ0) is 17.6. The lowest BCUT2D eigenvalue weighted by Gasteiger charge is -2.38. The molecular weight excluding hydrogens is 329 g/mol. The molecule has 0 radical (unpaired) electrons. The fraction of sp³-hybridized carbons (Fsp3) is 0.400. The maximum absolute atomic E-state index is 13.2. The van der Waals surface area contributed by atoms with Crippen LogP contribution in [-0.4, -0.2) is 46.1 Å². The number of carboxylic acid groups (broad SMARTS) is 1. The summed E-state index contributed by atoms with van der Waals surface area (Å²) in [5, 5.41) is 10.9. The number of halogens is 3. The molecule has 1 aromatic carbocycles. The summed E-state index contributed by atoms with van der Waals surface area (Å²) >= 11 is 0. The first kappa shape index (κ1) is 16.3. The molecule has 9 heteroatoms. The third-order valence-corrected chi connectivity index (χ3v) is 4.31. The van der Waals surface area contributed by atoms with Crippen molar-refractivity contribution in [3.63, 3.8) is 0 Å². The van der Waals surface area contributed by atoms with Gasteiger partial charge in [-0.25, -0.2) is 4.79 Å². The first-order valence-electron chi connectivity index (χ1n) is 7.22. The van der Waals surface area contributed by atoms with Crippen molar-refractivity contribution in [1.82, 2.24) is 10.2 Å². The number of hydrogen-bond donors (Lipinski definition) is 2. The Morgan fingerprint density at radius 1 is 1.29 bits per heavy atom. The number of fused-ring (bicyclic) bond motifs is 1. The van der Waals surface area contributed by atoms with Gasteiger partial charge in [0.25, 0.3) is 5.91 Å². The minimum absolute atomic E-state index is 0.0405. The molecule has 128 valence electrons. The molecule has 6 nitrogen and oxygen atoms in total. The molecule has 2 aliphatic rings. The molecule has 0 aliphatic carbocycles. The van der Waals surface area contributed by atoms with E-state index >= 15 is 0 Å². The largest absolute Gasteiger partial charge is 0.478 e. The van der Waals surface area contributed by atoms with Crippen molar-refractivity contribution in [2.75, 3.05) is 0 Å². The first-order valence-corrected chi connectivity index (χ1v) is 7.22. The smallest absolute Gasteiger partial charge is 0.410 e. The van der Waals surface area contributed by atoms with Gasteiger partial charge in [-0.1, -0.05) is 6.07 Å². The molecule has 0 aromatic heterocycles. The first-order chi connectivity index (χ1) is 11.2. The van der Waals surface area contributed by atoms with Gasteiger partial charge in [0.15, 0.2) is 0 Å². The molecule has 0 saturated carbocycles. The van der Waals surface area contributed by atoms with E-state index in [0.717, 1.165) is 4.90 Å². The van der Waals surface area contributed by atoms with E-state index in [9.17, 15) is 27.6 Å².